The lowest BCUT2D eigenvalue weighted by Crippen LogP contribution is -2.47. The van der Waals surface area contributed by atoms with Gasteiger partial charge >= 0.3 is 0 Å². The van der Waals surface area contributed by atoms with Crippen LogP contribution in [0.5, 0.6) is 5.75 Å². The molecule has 7 heteroatoms. The van der Waals surface area contributed by atoms with E-state index in [0.717, 1.165) is 44.1 Å². The van der Waals surface area contributed by atoms with Crippen LogP contribution in [0.3, 0.4) is 0 Å². The van der Waals surface area contributed by atoms with Crippen molar-refractivity contribution in [3.05, 3.63) is 47.9 Å². The molecule has 6 nitrogen and oxygen atoms in total. The maximum absolute atomic E-state index is 13.4. The van der Waals surface area contributed by atoms with Crippen molar-refractivity contribution in [1.29, 1.82) is 0 Å². The smallest absolute Gasteiger partial charge is 0.252 e. The second kappa shape index (κ2) is 8.70. The van der Waals surface area contributed by atoms with Gasteiger partial charge in [-0.3, -0.25) is 4.79 Å². The lowest BCUT2D eigenvalue weighted by Gasteiger charge is -2.37. The number of methoxy groups -OCH3 is 1. The summed E-state index contributed by atoms with van der Waals surface area (Å²) in [6.07, 6.45) is 2.52. The number of carbonyl (C=O) groups excluding carboxylic acids is 1. The van der Waals surface area contributed by atoms with Gasteiger partial charge in [-0.1, -0.05) is 6.92 Å². The highest BCUT2D eigenvalue weighted by Crippen LogP contribution is 2.30. The van der Waals surface area contributed by atoms with Crippen molar-refractivity contribution in [3.8, 4) is 5.75 Å². The molecule has 1 aromatic carbocycles. The van der Waals surface area contributed by atoms with Crippen molar-refractivity contribution < 1.29 is 13.9 Å². The third kappa shape index (κ3) is 4.48. The number of hydrogen-bond acceptors (Lipinski definition) is 5. The van der Waals surface area contributed by atoms with Crippen LogP contribution in [0.1, 0.15) is 23.7 Å². The zero-order chi connectivity index (χ0) is 19.2. The SMILES string of the molecule is CCCNC(=O)c1ccc(N2CCN(c3ccc(F)cc3OC)CC2)nc1. The first-order valence-electron chi connectivity index (χ1n) is 9.20. The monoisotopic (exact) mass is 372 g/mol. The van der Waals surface area contributed by atoms with Gasteiger partial charge in [0.05, 0.1) is 18.4 Å². The van der Waals surface area contributed by atoms with Crippen LogP contribution in [0.2, 0.25) is 0 Å². The number of halogens is 1. The third-order valence-corrected chi connectivity index (χ3v) is 4.63. The van der Waals surface area contributed by atoms with Gasteiger partial charge in [0, 0.05) is 45.0 Å². The molecule has 1 aromatic heterocycles. The van der Waals surface area contributed by atoms with Crippen LogP contribution in [0.4, 0.5) is 15.9 Å². The molecular weight excluding hydrogens is 347 g/mol. The van der Waals surface area contributed by atoms with Crippen molar-refractivity contribution in [2.75, 3.05) is 49.6 Å². The molecule has 0 bridgehead atoms. The van der Waals surface area contributed by atoms with Gasteiger partial charge in [-0.25, -0.2) is 9.37 Å². The van der Waals surface area contributed by atoms with Crippen LogP contribution < -0.4 is 19.9 Å². The van der Waals surface area contributed by atoms with Crippen LogP contribution in [0.15, 0.2) is 36.5 Å². The number of rotatable bonds is 6. The average molecular weight is 372 g/mol. The Balaban J connectivity index is 1.61. The number of nitrogens with zero attached hydrogens (tertiary/aromatic N) is 3. The summed E-state index contributed by atoms with van der Waals surface area (Å²) >= 11 is 0. The Kier molecular flexibility index (Phi) is 6.11. The van der Waals surface area contributed by atoms with Gasteiger partial charge in [-0.05, 0) is 30.7 Å². The summed E-state index contributed by atoms with van der Waals surface area (Å²) in [5, 5.41) is 2.85. The van der Waals surface area contributed by atoms with E-state index in [9.17, 15) is 9.18 Å². The second-order valence-electron chi connectivity index (χ2n) is 6.45. The molecule has 1 amide bonds. The molecule has 0 atom stereocenters. The summed E-state index contributed by atoms with van der Waals surface area (Å²) in [5.74, 6) is 1.00. The minimum absolute atomic E-state index is 0.0934. The zero-order valence-electron chi connectivity index (χ0n) is 15.7. The number of hydrogen-bond donors (Lipinski definition) is 1. The third-order valence-electron chi connectivity index (χ3n) is 4.63. The predicted octanol–water partition coefficient (Wildman–Crippen LogP) is 2.70. The van der Waals surface area contributed by atoms with E-state index in [4.69, 9.17) is 4.74 Å². The summed E-state index contributed by atoms with van der Waals surface area (Å²) in [6, 6.07) is 8.31. The summed E-state index contributed by atoms with van der Waals surface area (Å²) in [7, 11) is 1.55. The van der Waals surface area contributed by atoms with Crippen LogP contribution in [-0.4, -0.2) is 50.7 Å². The molecule has 1 fully saturated rings. The molecular formula is C20H25FN4O2. The Bertz CT molecular complexity index is 774. The molecule has 0 radical (unpaired) electrons. The van der Waals surface area contributed by atoms with Crippen LogP contribution in [-0.2, 0) is 0 Å². The second-order valence-corrected chi connectivity index (χ2v) is 6.45. The quantitative estimate of drug-likeness (QED) is 0.845. The van der Waals surface area contributed by atoms with E-state index in [2.05, 4.69) is 20.1 Å². The molecule has 1 N–H and O–H groups in total. The van der Waals surface area contributed by atoms with Crippen molar-refractivity contribution in [1.82, 2.24) is 10.3 Å². The largest absolute Gasteiger partial charge is 0.494 e. The average Bonchev–Trinajstić information content (AvgIpc) is 2.72. The Morgan fingerprint density at radius 1 is 1.19 bits per heavy atom. The molecule has 1 aliphatic heterocycles. The summed E-state index contributed by atoms with van der Waals surface area (Å²) in [5.41, 5.74) is 1.47. The Morgan fingerprint density at radius 2 is 1.93 bits per heavy atom. The fraction of sp³-hybridized carbons (Fsp3) is 0.400. The van der Waals surface area contributed by atoms with Gasteiger partial charge in [-0.15, -0.1) is 0 Å². The van der Waals surface area contributed by atoms with Crippen molar-refractivity contribution in [2.24, 2.45) is 0 Å². The molecule has 2 aromatic rings. The fourth-order valence-corrected chi connectivity index (χ4v) is 3.14. The number of nitrogens with one attached hydrogen (secondary N) is 1. The van der Waals surface area contributed by atoms with E-state index in [1.807, 2.05) is 19.1 Å². The zero-order valence-corrected chi connectivity index (χ0v) is 15.7. The minimum atomic E-state index is -0.304. The Labute approximate surface area is 158 Å². The molecule has 144 valence electrons. The van der Waals surface area contributed by atoms with Crippen LogP contribution in [0, 0.1) is 5.82 Å². The van der Waals surface area contributed by atoms with E-state index in [0.29, 0.717) is 17.9 Å². The summed E-state index contributed by atoms with van der Waals surface area (Å²) < 4.78 is 18.7. The first-order chi connectivity index (χ1) is 13.1. The molecule has 3 rings (SSSR count). The molecule has 0 spiro atoms. The lowest BCUT2D eigenvalue weighted by atomic mass is 10.2. The first kappa shape index (κ1) is 18.9. The highest BCUT2D eigenvalue weighted by Gasteiger charge is 2.21. The van der Waals surface area contributed by atoms with Gasteiger partial charge in [0.15, 0.2) is 0 Å². The van der Waals surface area contributed by atoms with Gasteiger partial charge in [-0.2, -0.15) is 0 Å². The number of pyridine rings is 1. The highest BCUT2D eigenvalue weighted by molar-refractivity contribution is 5.94. The number of amides is 1. The number of aromatic nitrogens is 1. The lowest BCUT2D eigenvalue weighted by molar-refractivity contribution is 0.0953. The van der Waals surface area contributed by atoms with E-state index in [-0.39, 0.29) is 11.7 Å². The molecule has 1 aliphatic rings. The maximum Gasteiger partial charge on any atom is 0.252 e. The van der Waals surface area contributed by atoms with E-state index in [1.54, 1.807) is 19.4 Å². The van der Waals surface area contributed by atoms with Gasteiger partial charge in [0.25, 0.3) is 5.91 Å². The number of carbonyl (C=O) groups is 1. The van der Waals surface area contributed by atoms with Crippen LogP contribution in [0.25, 0.3) is 0 Å². The van der Waals surface area contributed by atoms with Crippen LogP contribution >= 0.6 is 0 Å². The topological polar surface area (TPSA) is 57.7 Å². The Morgan fingerprint density at radius 3 is 2.56 bits per heavy atom. The molecule has 0 unspecified atom stereocenters. The maximum atomic E-state index is 13.4. The first-order valence-corrected chi connectivity index (χ1v) is 9.20. The number of piperazine rings is 1. The summed E-state index contributed by atoms with van der Waals surface area (Å²) in [4.78, 5) is 20.8. The standard InChI is InChI=1S/C20H25FN4O2/c1-3-8-22-20(26)15-4-7-19(23-14-15)25-11-9-24(10-12-25)17-6-5-16(21)13-18(17)27-2/h4-7,13-14H,3,8-12H2,1-2H3,(H,22,26). The number of anilines is 2. The molecule has 0 aliphatic carbocycles. The Hall–Kier alpha value is -2.83. The fourth-order valence-electron chi connectivity index (χ4n) is 3.14. The number of ether oxygens (including phenoxy) is 1. The normalized spacial score (nSPS) is 14.2. The van der Waals surface area contributed by atoms with E-state index in [1.165, 1.54) is 12.1 Å². The van der Waals surface area contributed by atoms with Gasteiger partial charge in [0.2, 0.25) is 0 Å². The van der Waals surface area contributed by atoms with Crippen molar-refractivity contribution >= 4 is 17.4 Å². The van der Waals surface area contributed by atoms with Crippen molar-refractivity contribution in [2.45, 2.75) is 13.3 Å². The molecule has 0 saturated carbocycles. The molecule has 2 heterocycles. The van der Waals surface area contributed by atoms with E-state index >= 15 is 0 Å². The highest BCUT2D eigenvalue weighted by atomic mass is 19.1. The van der Waals surface area contributed by atoms with Gasteiger partial charge in [0.1, 0.15) is 17.4 Å². The number of benzene rings is 1. The minimum Gasteiger partial charge on any atom is -0.494 e. The van der Waals surface area contributed by atoms with Crippen molar-refractivity contribution in [3.63, 3.8) is 0 Å². The predicted molar refractivity (Wildman–Crippen MR) is 104 cm³/mol. The van der Waals surface area contributed by atoms with Gasteiger partial charge < -0.3 is 19.9 Å². The summed E-state index contributed by atoms with van der Waals surface area (Å²) in [6.45, 7) is 5.81. The van der Waals surface area contributed by atoms with E-state index < -0.39 is 0 Å². The molecule has 1 saturated heterocycles. The molecule has 27 heavy (non-hydrogen) atoms.